The van der Waals surface area contributed by atoms with E-state index in [1.807, 2.05) is 18.2 Å². The monoisotopic (exact) mass is 252 g/mol. The van der Waals surface area contributed by atoms with Crippen molar-refractivity contribution in [3.05, 3.63) is 34.3 Å². The zero-order chi connectivity index (χ0) is 12.3. The maximum atomic E-state index is 12.1. The number of carbonyl (C=O) groups is 1. The topological polar surface area (TPSA) is 26.3 Å². The van der Waals surface area contributed by atoms with Gasteiger partial charge in [-0.3, -0.25) is 4.79 Å². The summed E-state index contributed by atoms with van der Waals surface area (Å²) in [5.41, 5.74) is 2.37. The lowest BCUT2D eigenvalue weighted by molar-refractivity contribution is -0.122. The smallest absolute Gasteiger partial charge is 0.140 e. The van der Waals surface area contributed by atoms with Crippen molar-refractivity contribution in [3.8, 4) is 0 Å². The molecule has 0 N–H and O–H groups in total. The number of fused-ring (bicyclic) bond motifs is 1. The number of ketones is 1. The van der Waals surface area contributed by atoms with E-state index in [-0.39, 0.29) is 5.92 Å². The third-order valence-electron chi connectivity index (χ3n) is 3.42. The van der Waals surface area contributed by atoms with Gasteiger partial charge in [-0.1, -0.05) is 17.7 Å². The van der Waals surface area contributed by atoms with E-state index >= 15 is 0 Å². The summed E-state index contributed by atoms with van der Waals surface area (Å²) in [6, 6.07) is 5.87. The number of halogens is 1. The zero-order valence-electron chi connectivity index (χ0n) is 10.0. The van der Waals surface area contributed by atoms with Crippen molar-refractivity contribution in [3.63, 3.8) is 0 Å². The normalized spacial score (nSPS) is 19.9. The molecule has 0 fully saturated rings. The van der Waals surface area contributed by atoms with Crippen LogP contribution in [0.2, 0.25) is 5.02 Å². The first-order valence-electron chi connectivity index (χ1n) is 5.99. The lowest BCUT2D eigenvalue weighted by atomic mass is 9.95. The van der Waals surface area contributed by atoms with Crippen molar-refractivity contribution in [1.29, 1.82) is 0 Å². The van der Waals surface area contributed by atoms with Gasteiger partial charge < -0.3 is 4.74 Å². The Morgan fingerprint density at radius 2 is 2.24 bits per heavy atom. The Labute approximate surface area is 107 Å². The van der Waals surface area contributed by atoms with Gasteiger partial charge in [0.25, 0.3) is 0 Å². The molecular formula is C14H17ClO2. The molecular weight excluding hydrogens is 236 g/mol. The first-order chi connectivity index (χ1) is 8.20. The van der Waals surface area contributed by atoms with E-state index in [4.69, 9.17) is 16.3 Å². The first-order valence-corrected chi connectivity index (χ1v) is 6.37. The van der Waals surface area contributed by atoms with Crippen LogP contribution in [0, 0.1) is 5.92 Å². The van der Waals surface area contributed by atoms with Gasteiger partial charge in [0.1, 0.15) is 5.78 Å². The number of rotatable bonds is 3. The number of methoxy groups -OCH3 is 1. The summed E-state index contributed by atoms with van der Waals surface area (Å²) in [6.45, 7) is 0.660. The Morgan fingerprint density at radius 1 is 1.41 bits per heavy atom. The van der Waals surface area contributed by atoms with Crippen LogP contribution in [0.4, 0.5) is 0 Å². The second kappa shape index (κ2) is 5.65. The average Bonchev–Trinajstić information content (AvgIpc) is 2.45. The van der Waals surface area contributed by atoms with Crippen molar-refractivity contribution < 1.29 is 9.53 Å². The minimum absolute atomic E-state index is 0.140. The Hall–Kier alpha value is -0.860. The van der Waals surface area contributed by atoms with Crippen LogP contribution in [0.3, 0.4) is 0 Å². The number of ether oxygens (including phenoxy) is 1. The summed E-state index contributed by atoms with van der Waals surface area (Å²) in [7, 11) is 1.68. The maximum Gasteiger partial charge on any atom is 0.140 e. The predicted molar refractivity (Wildman–Crippen MR) is 68.5 cm³/mol. The molecule has 0 heterocycles. The summed E-state index contributed by atoms with van der Waals surface area (Å²) < 4.78 is 5.06. The van der Waals surface area contributed by atoms with Gasteiger partial charge in [-0.05, 0) is 42.5 Å². The van der Waals surface area contributed by atoms with Gasteiger partial charge in [-0.2, -0.15) is 0 Å². The Kier molecular flexibility index (Phi) is 4.19. The van der Waals surface area contributed by atoms with Crippen molar-refractivity contribution in [2.75, 3.05) is 13.7 Å². The molecule has 17 heavy (non-hydrogen) atoms. The number of Topliss-reactive ketones (excluding diaryl/α,β-unsaturated/α-hetero) is 1. The molecule has 0 spiro atoms. The lowest BCUT2D eigenvalue weighted by Crippen LogP contribution is -2.17. The van der Waals surface area contributed by atoms with Crippen molar-refractivity contribution >= 4 is 17.4 Å². The average molecular weight is 253 g/mol. The number of carbonyl (C=O) groups excluding carboxylic acids is 1. The molecule has 0 aliphatic heterocycles. The van der Waals surface area contributed by atoms with E-state index in [9.17, 15) is 4.79 Å². The Morgan fingerprint density at radius 3 is 3.00 bits per heavy atom. The van der Waals surface area contributed by atoms with E-state index in [1.54, 1.807) is 7.11 Å². The fourth-order valence-electron chi connectivity index (χ4n) is 2.39. The van der Waals surface area contributed by atoms with E-state index in [1.165, 1.54) is 5.56 Å². The summed E-state index contributed by atoms with van der Waals surface area (Å²) in [4.78, 5) is 12.1. The Balaban J connectivity index is 2.13. The van der Waals surface area contributed by atoms with Crippen molar-refractivity contribution in [2.45, 2.75) is 25.7 Å². The molecule has 0 amide bonds. The fraction of sp³-hybridized carbons (Fsp3) is 0.500. The summed E-state index contributed by atoms with van der Waals surface area (Å²) in [5, 5.41) is 0.715. The van der Waals surface area contributed by atoms with Crippen LogP contribution in [0.5, 0.6) is 0 Å². The Bertz CT molecular complexity index is 415. The number of benzene rings is 1. The lowest BCUT2D eigenvalue weighted by Gasteiger charge is -2.11. The molecule has 0 aromatic heterocycles. The van der Waals surface area contributed by atoms with Gasteiger partial charge in [-0.15, -0.1) is 0 Å². The van der Waals surface area contributed by atoms with Crippen LogP contribution in [0.1, 0.15) is 24.0 Å². The van der Waals surface area contributed by atoms with E-state index in [0.29, 0.717) is 23.8 Å². The van der Waals surface area contributed by atoms with Gasteiger partial charge in [0.2, 0.25) is 0 Å². The highest BCUT2D eigenvalue weighted by atomic mass is 35.5. The molecule has 0 radical (unpaired) electrons. The van der Waals surface area contributed by atoms with Gasteiger partial charge in [0.15, 0.2) is 0 Å². The van der Waals surface area contributed by atoms with Crippen LogP contribution in [-0.4, -0.2) is 19.5 Å². The number of hydrogen-bond donors (Lipinski definition) is 0. The minimum atomic E-state index is 0.140. The highest BCUT2D eigenvalue weighted by Crippen LogP contribution is 2.26. The quantitative estimate of drug-likeness (QED) is 0.773. The molecule has 1 aromatic rings. The van der Waals surface area contributed by atoms with Crippen LogP contribution in [0.25, 0.3) is 0 Å². The molecule has 92 valence electrons. The molecule has 2 rings (SSSR count). The van der Waals surface area contributed by atoms with Gasteiger partial charge in [-0.25, -0.2) is 0 Å². The molecule has 1 atom stereocenters. The molecule has 0 saturated heterocycles. The molecule has 3 heteroatoms. The molecule has 0 saturated carbocycles. The van der Waals surface area contributed by atoms with E-state index in [0.717, 1.165) is 24.8 Å². The molecule has 0 bridgehead atoms. The molecule has 1 aliphatic carbocycles. The van der Waals surface area contributed by atoms with Gasteiger partial charge in [0, 0.05) is 31.1 Å². The van der Waals surface area contributed by atoms with Gasteiger partial charge >= 0.3 is 0 Å². The van der Waals surface area contributed by atoms with Crippen molar-refractivity contribution in [1.82, 2.24) is 0 Å². The zero-order valence-corrected chi connectivity index (χ0v) is 10.8. The highest BCUT2D eigenvalue weighted by Gasteiger charge is 2.23. The SMILES string of the molecule is COCCC1CCc2ccc(Cl)cc2CC1=O. The van der Waals surface area contributed by atoms with E-state index in [2.05, 4.69) is 0 Å². The van der Waals surface area contributed by atoms with Crippen LogP contribution in [0.15, 0.2) is 18.2 Å². The molecule has 2 nitrogen and oxygen atoms in total. The summed E-state index contributed by atoms with van der Waals surface area (Å²) in [6.07, 6.45) is 3.24. The predicted octanol–water partition coefficient (Wildman–Crippen LogP) is 3.05. The molecule has 1 unspecified atom stereocenters. The highest BCUT2D eigenvalue weighted by molar-refractivity contribution is 6.30. The maximum absolute atomic E-state index is 12.1. The number of aryl methyl sites for hydroxylation is 1. The fourth-order valence-corrected chi connectivity index (χ4v) is 2.59. The van der Waals surface area contributed by atoms with Crippen LogP contribution >= 0.6 is 11.6 Å². The number of hydrogen-bond acceptors (Lipinski definition) is 2. The minimum Gasteiger partial charge on any atom is -0.385 e. The molecule has 1 aliphatic rings. The second-order valence-corrected chi connectivity index (χ2v) is 5.01. The first kappa shape index (κ1) is 12.6. The van der Waals surface area contributed by atoms with Crippen LogP contribution in [-0.2, 0) is 22.4 Å². The summed E-state index contributed by atoms with van der Waals surface area (Å²) >= 11 is 5.97. The standard InChI is InChI=1S/C14H17ClO2/c1-17-7-6-11-3-2-10-4-5-13(15)8-12(10)9-14(11)16/h4-5,8,11H,2-3,6-7,9H2,1H3. The van der Waals surface area contributed by atoms with E-state index < -0.39 is 0 Å². The van der Waals surface area contributed by atoms with Gasteiger partial charge in [0.05, 0.1) is 0 Å². The third-order valence-corrected chi connectivity index (χ3v) is 3.66. The molecule has 1 aromatic carbocycles. The largest absolute Gasteiger partial charge is 0.385 e. The van der Waals surface area contributed by atoms with Crippen molar-refractivity contribution in [2.24, 2.45) is 5.92 Å². The second-order valence-electron chi connectivity index (χ2n) is 4.57. The third kappa shape index (κ3) is 3.08. The summed E-state index contributed by atoms with van der Waals surface area (Å²) in [5.74, 6) is 0.462. The van der Waals surface area contributed by atoms with Crippen LogP contribution < -0.4 is 0 Å².